The smallest absolute Gasteiger partial charge is 0.343 e. The fourth-order valence-corrected chi connectivity index (χ4v) is 3.71. The quantitative estimate of drug-likeness (QED) is 0.644. The maximum Gasteiger partial charge on any atom is 0.343 e. The molecule has 1 N–H and O–H groups in total. The van der Waals surface area contributed by atoms with Gasteiger partial charge >= 0.3 is 5.97 Å². The van der Waals surface area contributed by atoms with Gasteiger partial charge in [0.25, 0.3) is 0 Å². The van der Waals surface area contributed by atoms with Gasteiger partial charge in [-0.2, -0.15) is 0 Å². The fourth-order valence-electron chi connectivity index (χ4n) is 3.71. The summed E-state index contributed by atoms with van der Waals surface area (Å²) in [5.74, 6) is -1.77. The number of halogens is 2. The summed E-state index contributed by atoms with van der Waals surface area (Å²) in [6.07, 6.45) is 1.31. The van der Waals surface area contributed by atoms with Gasteiger partial charge in [0.2, 0.25) is 5.43 Å². The van der Waals surface area contributed by atoms with Gasteiger partial charge in [-0.3, -0.25) is 4.79 Å². The summed E-state index contributed by atoms with van der Waals surface area (Å²) < 4.78 is 35.0. The zero-order chi connectivity index (χ0) is 22.1. The molecule has 4 rings (SSSR count). The summed E-state index contributed by atoms with van der Waals surface area (Å²) in [7, 11) is 0. The molecule has 1 saturated heterocycles. The number of nitrogens with one attached hydrogen (secondary N) is 1. The number of piperazine rings is 1. The number of carbonyl (C=O) groups excluding carboxylic acids is 1. The third-order valence-corrected chi connectivity index (χ3v) is 5.18. The van der Waals surface area contributed by atoms with E-state index in [0.717, 1.165) is 6.07 Å². The van der Waals surface area contributed by atoms with Crippen LogP contribution in [0.15, 0.2) is 41.3 Å². The molecule has 7 nitrogen and oxygen atoms in total. The molecule has 1 fully saturated rings. The van der Waals surface area contributed by atoms with E-state index < -0.39 is 23.0 Å². The standard InChI is InChI=1S/C22H22F2N4O3/c1-3-31-22(30)17-12-28(15-6-4-14(23)5-7-15)20-16(19(17)29)10-18(24)21(26-20)27-9-8-25-13(2)11-27/h4-7,10,12-13,25H,3,8-9,11H2,1-2H3. The molecule has 1 atom stereocenters. The average molecular weight is 428 g/mol. The molecule has 0 saturated carbocycles. The number of rotatable bonds is 4. The minimum Gasteiger partial charge on any atom is -0.462 e. The van der Waals surface area contributed by atoms with Gasteiger partial charge in [0, 0.05) is 37.6 Å². The van der Waals surface area contributed by atoms with Crippen molar-refractivity contribution in [1.29, 1.82) is 0 Å². The normalized spacial score (nSPS) is 16.5. The molecule has 1 unspecified atom stereocenters. The molecule has 0 spiro atoms. The lowest BCUT2D eigenvalue weighted by atomic mass is 10.1. The number of ether oxygens (including phenoxy) is 1. The van der Waals surface area contributed by atoms with E-state index in [0.29, 0.717) is 25.3 Å². The zero-order valence-corrected chi connectivity index (χ0v) is 17.2. The maximum atomic E-state index is 15.0. The molecule has 2 aromatic heterocycles. The third-order valence-electron chi connectivity index (χ3n) is 5.18. The minimum absolute atomic E-state index is 0.0562. The molecule has 1 aromatic carbocycles. The van der Waals surface area contributed by atoms with Crippen LogP contribution in [0.3, 0.4) is 0 Å². The van der Waals surface area contributed by atoms with Gasteiger partial charge in [-0.05, 0) is 44.2 Å². The van der Waals surface area contributed by atoms with Crippen molar-refractivity contribution in [3.8, 4) is 5.69 Å². The Morgan fingerprint density at radius 2 is 2.03 bits per heavy atom. The second kappa shape index (κ2) is 8.43. The monoisotopic (exact) mass is 428 g/mol. The molecule has 162 valence electrons. The molecular weight excluding hydrogens is 406 g/mol. The molecule has 1 aliphatic rings. The number of hydrogen-bond acceptors (Lipinski definition) is 6. The van der Waals surface area contributed by atoms with Crippen LogP contribution in [0.5, 0.6) is 0 Å². The predicted octanol–water partition coefficient (Wildman–Crippen LogP) is 2.64. The molecule has 0 amide bonds. The van der Waals surface area contributed by atoms with Crippen molar-refractivity contribution in [3.63, 3.8) is 0 Å². The number of aromatic nitrogens is 2. The lowest BCUT2D eigenvalue weighted by molar-refractivity contribution is 0.0524. The topological polar surface area (TPSA) is 76.5 Å². The van der Waals surface area contributed by atoms with Crippen molar-refractivity contribution in [3.05, 3.63) is 63.9 Å². The van der Waals surface area contributed by atoms with Crippen molar-refractivity contribution in [2.24, 2.45) is 0 Å². The van der Waals surface area contributed by atoms with E-state index >= 15 is 4.39 Å². The fraction of sp³-hybridized carbons (Fsp3) is 0.318. The molecule has 0 radical (unpaired) electrons. The van der Waals surface area contributed by atoms with Gasteiger partial charge < -0.3 is 19.5 Å². The van der Waals surface area contributed by atoms with Gasteiger partial charge in [0.05, 0.1) is 12.0 Å². The van der Waals surface area contributed by atoms with Crippen LogP contribution in [0.4, 0.5) is 14.6 Å². The highest BCUT2D eigenvalue weighted by molar-refractivity contribution is 5.93. The molecule has 3 heterocycles. The first kappa shape index (κ1) is 20.9. The Hall–Kier alpha value is -3.33. The number of anilines is 1. The van der Waals surface area contributed by atoms with Gasteiger partial charge in [0.1, 0.15) is 11.4 Å². The van der Waals surface area contributed by atoms with E-state index in [1.165, 1.54) is 35.0 Å². The summed E-state index contributed by atoms with van der Waals surface area (Å²) in [4.78, 5) is 31.6. The molecule has 31 heavy (non-hydrogen) atoms. The van der Waals surface area contributed by atoms with E-state index in [9.17, 15) is 14.0 Å². The van der Waals surface area contributed by atoms with Crippen LogP contribution in [-0.2, 0) is 4.74 Å². The first-order valence-corrected chi connectivity index (χ1v) is 10.1. The molecule has 0 aliphatic carbocycles. The minimum atomic E-state index is -0.814. The largest absolute Gasteiger partial charge is 0.462 e. The summed E-state index contributed by atoms with van der Waals surface area (Å²) in [6, 6.07) is 6.75. The number of fused-ring (bicyclic) bond motifs is 1. The van der Waals surface area contributed by atoms with Crippen molar-refractivity contribution in [2.45, 2.75) is 19.9 Å². The molecule has 0 bridgehead atoms. The lowest BCUT2D eigenvalue weighted by Crippen LogP contribution is -2.49. The van der Waals surface area contributed by atoms with E-state index in [4.69, 9.17) is 4.74 Å². The Labute approximate surface area is 177 Å². The van der Waals surface area contributed by atoms with Crippen LogP contribution in [0.2, 0.25) is 0 Å². The highest BCUT2D eigenvalue weighted by Crippen LogP contribution is 2.24. The van der Waals surface area contributed by atoms with E-state index in [1.54, 1.807) is 6.92 Å². The van der Waals surface area contributed by atoms with Crippen molar-refractivity contribution in [1.82, 2.24) is 14.9 Å². The van der Waals surface area contributed by atoms with Gasteiger partial charge in [-0.15, -0.1) is 0 Å². The second-order valence-corrected chi connectivity index (χ2v) is 7.40. The molecule has 1 aliphatic heterocycles. The van der Waals surface area contributed by atoms with Crippen LogP contribution >= 0.6 is 0 Å². The number of esters is 1. The summed E-state index contributed by atoms with van der Waals surface area (Å²) in [6.45, 7) is 5.48. The van der Waals surface area contributed by atoms with Crippen molar-refractivity contribution in [2.75, 3.05) is 31.1 Å². The van der Waals surface area contributed by atoms with E-state index in [2.05, 4.69) is 10.3 Å². The van der Waals surface area contributed by atoms with Crippen LogP contribution < -0.4 is 15.6 Å². The van der Waals surface area contributed by atoms with Crippen LogP contribution in [0.1, 0.15) is 24.2 Å². The Bertz CT molecular complexity index is 1190. The van der Waals surface area contributed by atoms with E-state index in [-0.39, 0.29) is 35.1 Å². The first-order valence-electron chi connectivity index (χ1n) is 10.1. The van der Waals surface area contributed by atoms with Gasteiger partial charge in [-0.1, -0.05) is 0 Å². The average Bonchev–Trinajstić information content (AvgIpc) is 2.75. The number of nitrogens with zero attached hydrogens (tertiary/aromatic N) is 3. The highest BCUT2D eigenvalue weighted by atomic mass is 19.1. The summed E-state index contributed by atoms with van der Waals surface area (Å²) >= 11 is 0. The van der Waals surface area contributed by atoms with Gasteiger partial charge in [-0.25, -0.2) is 18.6 Å². The van der Waals surface area contributed by atoms with Gasteiger partial charge in [0.15, 0.2) is 17.3 Å². The number of hydrogen-bond donors (Lipinski definition) is 1. The molecular formula is C22H22F2N4O3. The Morgan fingerprint density at radius 1 is 1.29 bits per heavy atom. The predicted molar refractivity (Wildman–Crippen MR) is 113 cm³/mol. The number of pyridine rings is 2. The van der Waals surface area contributed by atoms with Crippen molar-refractivity contribution < 1.29 is 18.3 Å². The zero-order valence-electron chi connectivity index (χ0n) is 17.2. The Balaban J connectivity index is 1.97. The first-order chi connectivity index (χ1) is 14.9. The maximum absolute atomic E-state index is 15.0. The number of benzene rings is 1. The number of carbonyl (C=O) groups is 1. The highest BCUT2D eigenvalue weighted by Gasteiger charge is 2.24. The van der Waals surface area contributed by atoms with E-state index in [1.807, 2.05) is 11.8 Å². The third kappa shape index (κ3) is 4.00. The summed E-state index contributed by atoms with van der Waals surface area (Å²) in [5.41, 5.74) is -0.273. The SMILES string of the molecule is CCOC(=O)c1cn(-c2ccc(F)cc2)c2nc(N3CCNC(C)C3)c(F)cc2c1=O. The second-order valence-electron chi connectivity index (χ2n) is 7.40. The lowest BCUT2D eigenvalue weighted by Gasteiger charge is -2.33. The van der Waals surface area contributed by atoms with Crippen LogP contribution in [0, 0.1) is 11.6 Å². The summed E-state index contributed by atoms with van der Waals surface area (Å²) in [5, 5.41) is 3.23. The Kier molecular flexibility index (Phi) is 5.69. The van der Waals surface area contributed by atoms with Crippen molar-refractivity contribution >= 4 is 22.8 Å². The molecule has 9 heteroatoms. The van der Waals surface area contributed by atoms with Crippen LogP contribution in [-0.4, -0.2) is 47.8 Å². The Morgan fingerprint density at radius 3 is 2.71 bits per heavy atom. The van der Waals surface area contributed by atoms with Crippen LogP contribution in [0.25, 0.3) is 16.7 Å². The molecule has 3 aromatic rings.